The van der Waals surface area contributed by atoms with Gasteiger partial charge in [-0.2, -0.15) is 4.31 Å². The molecule has 1 aliphatic rings. The van der Waals surface area contributed by atoms with Crippen LogP contribution in [0.3, 0.4) is 0 Å². The summed E-state index contributed by atoms with van der Waals surface area (Å²) in [6.07, 6.45) is 3.07. The average Bonchev–Trinajstić information content (AvgIpc) is 2.66. The van der Waals surface area contributed by atoms with Gasteiger partial charge in [-0.25, -0.2) is 13.4 Å². The van der Waals surface area contributed by atoms with E-state index in [1.54, 1.807) is 11.9 Å². The van der Waals surface area contributed by atoms with Gasteiger partial charge in [0.25, 0.3) is 0 Å². The number of nitrogens with zero attached hydrogens (tertiary/aromatic N) is 3. The lowest BCUT2D eigenvalue weighted by atomic mass is 9.96. The predicted octanol–water partition coefficient (Wildman–Crippen LogP) is 2.72. The zero-order valence-electron chi connectivity index (χ0n) is 17.9. The maximum Gasteiger partial charge on any atom is 0.306 e. The molecule has 0 saturated carbocycles. The highest BCUT2D eigenvalue weighted by Gasteiger charge is 2.34. The van der Waals surface area contributed by atoms with E-state index < -0.39 is 15.6 Å². The van der Waals surface area contributed by atoms with Gasteiger partial charge in [0.2, 0.25) is 15.9 Å². The van der Waals surface area contributed by atoms with E-state index in [4.69, 9.17) is 16.3 Å². The van der Waals surface area contributed by atoms with Gasteiger partial charge in [-0.15, -0.1) is 0 Å². The van der Waals surface area contributed by atoms with Gasteiger partial charge >= 0.3 is 5.97 Å². The number of piperidine rings is 1. The summed E-state index contributed by atoms with van der Waals surface area (Å²) in [5.41, 5.74) is -0.521. The number of amides is 1. The number of pyridine rings is 1. The van der Waals surface area contributed by atoms with Crippen molar-refractivity contribution in [3.05, 3.63) is 23.5 Å². The maximum atomic E-state index is 12.8. The molecule has 0 aromatic carbocycles. The second kappa shape index (κ2) is 10.1. The molecule has 8 nitrogen and oxygen atoms in total. The van der Waals surface area contributed by atoms with Crippen LogP contribution in [0.2, 0.25) is 5.15 Å². The van der Waals surface area contributed by atoms with Crippen LogP contribution < -0.4 is 0 Å². The number of ether oxygens (including phenoxy) is 1. The Kier molecular flexibility index (Phi) is 8.24. The van der Waals surface area contributed by atoms with Gasteiger partial charge in [0.05, 0.1) is 0 Å². The van der Waals surface area contributed by atoms with Gasteiger partial charge in [0.15, 0.2) is 0 Å². The van der Waals surface area contributed by atoms with Crippen molar-refractivity contribution < 1.29 is 22.7 Å². The molecule has 0 radical (unpaired) electrons. The van der Waals surface area contributed by atoms with Crippen LogP contribution in [0.25, 0.3) is 0 Å². The summed E-state index contributed by atoms with van der Waals surface area (Å²) in [7, 11) is -2.03. The highest BCUT2D eigenvalue weighted by Crippen LogP contribution is 2.27. The predicted molar refractivity (Wildman–Crippen MR) is 113 cm³/mol. The lowest BCUT2D eigenvalue weighted by molar-refractivity contribution is -0.155. The molecule has 0 aliphatic carbocycles. The molecule has 1 aromatic heterocycles. The van der Waals surface area contributed by atoms with Crippen molar-refractivity contribution in [2.45, 2.75) is 57.0 Å². The molecular weight excluding hydrogens is 430 g/mol. The van der Waals surface area contributed by atoms with Gasteiger partial charge < -0.3 is 9.64 Å². The fourth-order valence-electron chi connectivity index (χ4n) is 3.32. The Balaban J connectivity index is 1.83. The van der Waals surface area contributed by atoms with E-state index in [0.29, 0.717) is 25.8 Å². The highest BCUT2D eigenvalue weighted by atomic mass is 35.5. The van der Waals surface area contributed by atoms with E-state index in [1.165, 1.54) is 22.6 Å². The first-order valence-corrected chi connectivity index (χ1v) is 11.8. The molecule has 0 unspecified atom stereocenters. The normalized spacial score (nSPS) is 16.3. The summed E-state index contributed by atoms with van der Waals surface area (Å²) in [6.45, 7) is 6.38. The number of carbonyl (C=O) groups is 2. The maximum absolute atomic E-state index is 12.8. The minimum Gasteiger partial charge on any atom is -0.460 e. The van der Waals surface area contributed by atoms with E-state index in [9.17, 15) is 18.0 Å². The Labute approximate surface area is 183 Å². The topological polar surface area (TPSA) is 96.9 Å². The SMILES string of the molecule is CN(CCCC(=O)OC(C)(C)C)C(=O)C1CCN(S(=O)(=O)c2cccnc2Cl)CC1. The summed E-state index contributed by atoms with van der Waals surface area (Å²) in [5.74, 6) is -0.557. The third-order valence-electron chi connectivity index (χ3n) is 4.82. The first-order chi connectivity index (χ1) is 13.9. The molecule has 0 N–H and O–H groups in total. The Hall–Kier alpha value is -1.71. The third-order valence-corrected chi connectivity index (χ3v) is 7.16. The molecule has 2 heterocycles. The monoisotopic (exact) mass is 459 g/mol. The van der Waals surface area contributed by atoms with Crippen molar-refractivity contribution in [2.75, 3.05) is 26.7 Å². The quantitative estimate of drug-likeness (QED) is 0.459. The third kappa shape index (κ3) is 6.65. The van der Waals surface area contributed by atoms with Crippen LogP contribution in [-0.2, 0) is 24.3 Å². The van der Waals surface area contributed by atoms with Crippen molar-refractivity contribution in [3.63, 3.8) is 0 Å². The van der Waals surface area contributed by atoms with Crippen LogP contribution in [0.5, 0.6) is 0 Å². The van der Waals surface area contributed by atoms with Crippen molar-refractivity contribution in [3.8, 4) is 0 Å². The van der Waals surface area contributed by atoms with E-state index in [2.05, 4.69) is 4.98 Å². The molecule has 1 saturated heterocycles. The van der Waals surface area contributed by atoms with Crippen molar-refractivity contribution in [1.29, 1.82) is 0 Å². The molecule has 168 valence electrons. The summed E-state index contributed by atoms with van der Waals surface area (Å²) < 4.78 is 32.2. The van der Waals surface area contributed by atoms with Gasteiger partial charge in [-0.1, -0.05) is 11.6 Å². The van der Waals surface area contributed by atoms with Crippen LogP contribution in [0, 0.1) is 5.92 Å². The van der Waals surface area contributed by atoms with Crippen LogP contribution in [-0.4, -0.2) is 66.8 Å². The standard InChI is InChI=1S/C20H30ClN3O5S/c1-20(2,3)29-17(25)8-6-12-23(4)19(26)15-9-13-24(14-10-15)30(27,28)16-7-5-11-22-18(16)21/h5,7,11,15H,6,8-10,12-14H2,1-4H3. The zero-order chi connectivity index (χ0) is 22.5. The van der Waals surface area contributed by atoms with E-state index in [-0.39, 0.29) is 47.4 Å². The molecule has 1 aromatic rings. The minimum absolute atomic E-state index is 0.0179. The molecule has 10 heteroatoms. The number of sulfonamides is 1. The molecule has 1 fully saturated rings. The Morgan fingerprint density at radius 3 is 2.50 bits per heavy atom. The molecule has 2 rings (SSSR count). The van der Waals surface area contributed by atoms with Crippen molar-refractivity contribution >= 4 is 33.5 Å². The molecule has 0 atom stereocenters. The van der Waals surface area contributed by atoms with E-state index in [1.807, 2.05) is 20.8 Å². The Bertz CT molecular complexity index is 861. The van der Waals surface area contributed by atoms with Crippen molar-refractivity contribution in [2.24, 2.45) is 5.92 Å². The lowest BCUT2D eigenvalue weighted by Crippen LogP contribution is -2.43. The highest BCUT2D eigenvalue weighted by molar-refractivity contribution is 7.89. The van der Waals surface area contributed by atoms with Gasteiger partial charge in [-0.3, -0.25) is 9.59 Å². The molecule has 0 spiro atoms. The number of hydrogen-bond donors (Lipinski definition) is 0. The van der Waals surface area contributed by atoms with Gasteiger partial charge in [-0.05, 0) is 52.2 Å². The number of halogens is 1. The second-order valence-corrected chi connectivity index (χ2v) is 10.7. The Morgan fingerprint density at radius 1 is 1.30 bits per heavy atom. The average molecular weight is 460 g/mol. The Morgan fingerprint density at radius 2 is 1.93 bits per heavy atom. The van der Waals surface area contributed by atoms with Crippen LogP contribution in [0.1, 0.15) is 46.5 Å². The number of hydrogen-bond acceptors (Lipinski definition) is 6. The van der Waals surface area contributed by atoms with Crippen LogP contribution >= 0.6 is 11.6 Å². The number of esters is 1. The summed E-state index contributed by atoms with van der Waals surface area (Å²) in [6, 6.07) is 2.96. The minimum atomic E-state index is -3.74. The number of carbonyl (C=O) groups excluding carboxylic acids is 2. The lowest BCUT2D eigenvalue weighted by Gasteiger charge is -2.32. The molecular formula is C20H30ClN3O5S. The van der Waals surface area contributed by atoms with E-state index >= 15 is 0 Å². The molecule has 0 bridgehead atoms. The van der Waals surface area contributed by atoms with E-state index in [0.717, 1.165) is 0 Å². The van der Waals surface area contributed by atoms with Crippen molar-refractivity contribution in [1.82, 2.24) is 14.2 Å². The fourth-order valence-corrected chi connectivity index (χ4v) is 5.22. The van der Waals surface area contributed by atoms with Crippen LogP contribution in [0.15, 0.2) is 23.2 Å². The van der Waals surface area contributed by atoms with Gasteiger partial charge in [0, 0.05) is 45.2 Å². The molecule has 1 amide bonds. The van der Waals surface area contributed by atoms with Gasteiger partial charge in [0.1, 0.15) is 15.6 Å². The fraction of sp³-hybridized carbons (Fsp3) is 0.650. The van der Waals surface area contributed by atoms with Crippen LogP contribution in [0.4, 0.5) is 0 Å². The smallest absolute Gasteiger partial charge is 0.306 e. The first kappa shape index (κ1) is 24.6. The second-order valence-electron chi connectivity index (χ2n) is 8.42. The summed E-state index contributed by atoms with van der Waals surface area (Å²) >= 11 is 5.94. The molecule has 1 aliphatic heterocycles. The first-order valence-electron chi connectivity index (χ1n) is 9.99. The number of rotatable bonds is 7. The summed E-state index contributed by atoms with van der Waals surface area (Å²) in [4.78, 5) is 29.9. The number of aromatic nitrogens is 1. The largest absolute Gasteiger partial charge is 0.460 e. The molecule has 30 heavy (non-hydrogen) atoms. The zero-order valence-corrected chi connectivity index (χ0v) is 19.5. The summed E-state index contributed by atoms with van der Waals surface area (Å²) in [5, 5.41) is -0.0552.